The summed E-state index contributed by atoms with van der Waals surface area (Å²) >= 11 is 0. The van der Waals surface area contributed by atoms with Gasteiger partial charge in [0.1, 0.15) is 0 Å². The zero-order valence-electron chi connectivity index (χ0n) is 8.58. The molecule has 13 heavy (non-hydrogen) atoms. The molecule has 2 rings (SSSR count). The first-order valence-electron chi connectivity index (χ1n) is 5.68. The van der Waals surface area contributed by atoms with Crippen molar-refractivity contribution in [3.8, 4) is 0 Å². The highest BCUT2D eigenvalue weighted by molar-refractivity contribution is 4.88. The lowest BCUT2D eigenvalue weighted by Gasteiger charge is -2.29. The highest BCUT2D eigenvalue weighted by atomic mass is 16.3. The van der Waals surface area contributed by atoms with E-state index in [1.807, 2.05) is 0 Å². The zero-order chi connectivity index (χ0) is 9.26. The van der Waals surface area contributed by atoms with Crippen LogP contribution in [-0.4, -0.2) is 35.2 Å². The molecule has 0 aromatic heterocycles. The van der Waals surface area contributed by atoms with E-state index in [-0.39, 0.29) is 0 Å². The van der Waals surface area contributed by atoms with Crippen LogP contribution in [0.15, 0.2) is 0 Å². The first-order valence-corrected chi connectivity index (χ1v) is 5.68. The predicted molar refractivity (Wildman–Crippen MR) is 53.6 cm³/mol. The Morgan fingerprint density at radius 1 is 1.31 bits per heavy atom. The van der Waals surface area contributed by atoms with Crippen LogP contribution in [0.2, 0.25) is 0 Å². The highest BCUT2D eigenvalue weighted by Gasteiger charge is 2.33. The number of nitrogens with zero attached hydrogens (tertiary/aromatic N) is 1. The smallest absolute Gasteiger partial charge is 0.0586 e. The number of hydrogen-bond donors (Lipinski definition) is 1. The maximum Gasteiger partial charge on any atom is 0.0586 e. The molecule has 0 amide bonds. The first kappa shape index (κ1) is 9.47. The van der Waals surface area contributed by atoms with Crippen LogP contribution in [0, 0.1) is 5.92 Å². The van der Waals surface area contributed by atoms with Gasteiger partial charge in [0.05, 0.1) is 6.61 Å². The molecule has 2 fully saturated rings. The second kappa shape index (κ2) is 3.97. The van der Waals surface area contributed by atoms with Crippen molar-refractivity contribution in [3.63, 3.8) is 0 Å². The molecule has 1 aliphatic carbocycles. The number of likely N-dealkylation sites (tertiary alicyclic amines) is 1. The molecule has 0 bridgehead atoms. The summed E-state index contributed by atoms with van der Waals surface area (Å²) in [7, 11) is 0. The molecule has 0 aromatic rings. The Morgan fingerprint density at radius 2 is 2.15 bits per heavy atom. The molecule has 1 aliphatic heterocycles. The molecular formula is C11H21NO. The minimum absolute atomic E-state index is 0.366. The molecule has 1 saturated carbocycles. The summed E-state index contributed by atoms with van der Waals surface area (Å²) in [5, 5.41) is 9.22. The van der Waals surface area contributed by atoms with Gasteiger partial charge in [-0.2, -0.15) is 0 Å². The molecule has 0 aromatic carbocycles. The predicted octanol–water partition coefficient (Wildman–Crippen LogP) is 1.63. The Balaban J connectivity index is 1.92. The monoisotopic (exact) mass is 183 g/mol. The summed E-state index contributed by atoms with van der Waals surface area (Å²) in [4.78, 5) is 2.56. The second-order valence-electron chi connectivity index (χ2n) is 4.79. The van der Waals surface area contributed by atoms with Crippen molar-refractivity contribution >= 4 is 0 Å². The molecule has 2 aliphatic rings. The third-order valence-corrected chi connectivity index (χ3v) is 3.77. The fraction of sp³-hybridized carbons (Fsp3) is 1.00. The van der Waals surface area contributed by atoms with E-state index in [0.717, 1.165) is 12.0 Å². The van der Waals surface area contributed by atoms with Crippen LogP contribution >= 0.6 is 0 Å². The minimum atomic E-state index is 0.366. The van der Waals surface area contributed by atoms with Crippen molar-refractivity contribution in [1.29, 1.82) is 0 Å². The maximum absolute atomic E-state index is 9.22. The maximum atomic E-state index is 9.22. The van der Waals surface area contributed by atoms with E-state index in [1.54, 1.807) is 0 Å². The van der Waals surface area contributed by atoms with Gasteiger partial charge in [0.15, 0.2) is 0 Å². The molecule has 1 N–H and O–H groups in total. The topological polar surface area (TPSA) is 23.5 Å². The third-order valence-electron chi connectivity index (χ3n) is 3.77. The summed E-state index contributed by atoms with van der Waals surface area (Å²) in [5.74, 6) is 0.907. The Bertz CT molecular complexity index is 171. The number of rotatable bonds is 2. The molecular weight excluding hydrogens is 162 g/mol. The average Bonchev–Trinajstić information content (AvgIpc) is 2.71. The minimum Gasteiger partial charge on any atom is -0.395 e. The molecule has 0 spiro atoms. The van der Waals surface area contributed by atoms with Gasteiger partial charge in [0, 0.05) is 12.1 Å². The summed E-state index contributed by atoms with van der Waals surface area (Å²) < 4.78 is 0. The first-order chi connectivity index (χ1) is 6.31. The Hall–Kier alpha value is -0.0800. The Morgan fingerprint density at radius 3 is 2.77 bits per heavy atom. The van der Waals surface area contributed by atoms with Gasteiger partial charge in [-0.1, -0.05) is 6.92 Å². The number of hydrogen-bond acceptors (Lipinski definition) is 2. The van der Waals surface area contributed by atoms with Crippen LogP contribution in [-0.2, 0) is 0 Å². The van der Waals surface area contributed by atoms with Crippen molar-refractivity contribution in [1.82, 2.24) is 4.90 Å². The van der Waals surface area contributed by atoms with Crippen LogP contribution in [0.3, 0.4) is 0 Å². The SMILES string of the molecule is CC1CCC(N2CCCC2CO)C1. The highest BCUT2D eigenvalue weighted by Crippen LogP contribution is 2.32. The number of aliphatic hydroxyl groups is 1. The van der Waals surface area contributed by atoms with Crippen molar-refractivity contribution in [3.05, 3.63) is 0 Å². The quantitative estimate of drug-likeness (QED) is 0.703. The fourth-order valence-electron chi connectivity index (χ4n) is 3.01. The van der Waals surface area contributed by atoms with E-state index < -0.39 is 0 Å². The summed E-state index contributed by atoms with van der Waals surface area (Å²) in [6.07, 6.45) is 6.60. The van der Waals surface area contributed by atoms with Gasteiger partial charge < -0.3 is 5.11 Å². The van der Waals surface area contributed by atoms with E-state index in [9.17, 15) is 5.11 Å². The molecule has 2 nitrogen and oxygen atoms in total. The van der Waals surface area contributed by atoms with Gasteiger partial charge in [0.2, 0.25) is 0 Å². The normalized spacial score (nSPS) is 41.5. The van der Waals surface area contributed by atoms with Gasteiger partial charge in [-0.15, -0.1) is 0 Å². The molecule has 3 unspecified atom stereocenters. The van der Waals surface area contributed by atoms with Gasteiger partial charge in [0.25, 0.3) is 0 Å². The van der Waals surface area contributed by atoms with Crippen molar-refractivity contribution in [2.75, 3.05) is 13.2 Å². The lowest BCUT2D eigenvalue weighted by molar-refractivity contribution is 0.119. The van der Waals surface area contributed by atoms with E-state index in [1.165, 1.54) is 38.6 Å². The van der Waals surface area contributed by atoms with Gasteiger partial charge in [-0.3, -0.25) is 4.90 Å². The molecule has 0 radical (unpaired) electrons. The summed E-state index contributed by atoms with van der Waals surface area (Å²) in [6.45, 7) is 3.94. The van der Waals surface area contributed by atoms with E-state index in [4.69, 9.17) is 0 Å². The lowest BCUT2D eigenvalue weighted by Crippen LogP contribution is -2.39. The summed E-state index contributed by atoms with van der Waals surface area (Å²) in [5.41, 5.74) is 0. The van der Waals surface area contributed by atoms with E-state index >= 15 is 0 Å². The second-order valence-corrected chi connectivity index (χ2v) is 4.79. The van der Waals surface area contributed by atoms with Crippen molar-refractivity contribution in [2.24, 2.45) is 5.92 Å². The van der Waals surface area contributed by atoms with Crippen LogP contribution < -0.4 is 0 Å². The molecule has 1 saturated heterocycles. The van der Waals surface area contributed by atoms with Crippen molar-refractivity contribution < 1.29 is 5.11 Å². The molecule has 1 heterocycles. The van der Waals surface area contributed by atoms with Crippen LogP contribution in [0.4, 0.5) is 0 Å². The molecule has 2 heteroatoms. The van der Waals surface area contributed by atoms with Crippen LogP contribution in [0.5, 0.6) is 0 Å². The number of aliphatic hydroxyl groups excluding tert-OH is 1. The fourth-order valence-corrected chi connectivity index (χ4v) is 3.01. The molecule has 76 valence electrons. The van der Waals surface area contributed by atoms with Gasteiger partial charge >= 0.3 is 0 Å². The zero-order valence-corrected chi connectivity index (χ0v) is 8.58. The van der Waals surface area contributed by atoms with Gasteiger partial charge in [-0.25, -0.2) is 0 Å². The average molecular weight is 183 g/mol. The van der Waals surface area contributed by atoms with Crippen LogP contribution in [0.25, 0.3) is 0 Å². The Kier molecular flexibility index (Phi) is 2.89. The Labute approximate surface area is 80.9 Å². The summed E-state index contributed by atoms with van der Waals surface area (Å²) in [6, 6.07) is 1.27. The third kappa shape index (κ3) is 1.89. The standard InChI is InChI=1S/C11H21NO/c1-9-4-5-10(7-9)12-6-2-3-11(12)8-13/h9-11,13H,2-8H2,1H3. The molecule has 3 atom stereocenters. The van der Waals surface area contributed by atoms with E-state index in [2.05, 4.69) is 11.8 Å². The van der Waals surface area contributed by atoms with E-state index in [0.29, 0.717) is 12.6 Å². The van der Waals surface area contributed by atoms with Gasteiger partial charge in [-0.05, 0) is 44.6 Å². The van der Waals surface area contributed by atoms with Crippen molar-refractivity contribution in [2.45, 2.75) is 51.1 Å². The van der Waals surface area contributed by atoms with Crippen LogP contribution in [0.1, 0.15) is 39.0 Å². The largest absolute Gasteiger partial charge is 0.395 e. The lowest BCUT2D eigenvalue weighted by atomic mass is 10.1.